The van der Waals surface area contributed by atoms with Gasteiger partial charge in [0.1, 0.15) is 5.69 Å². The minimum absolute atomic E-state index is 0.00189. The first kappa shape index (κ1) is 20.6. The molecule has 1 aliphatic heterocycles. The number of nitrogens with one attached hydrogen (secondary N) is 2. The molecule has 1 saturated heterocycles. The van der Waals surface area contributed by atoms with E-state index in [4.69, 9.17) is 0 Å². The predicted molar refractivity (Wildman–Crippen MR) is 102 cm³/mol. The van der Waals surface area contributed by atoms with Crippen LogP contribution in [-0.4, -0.2) is 51.0 Å². The fourth-order valence-electron chi connectivity index (χ4n) is 3.71. The molecule has 0 unspecified atom stereocenters. The Morgan fingerprint density at radius 3 is 2.46 bits per heavy atom. The topological polar surface area (TPSA) is 105 Å². The van der Waals surface area contributed by atoms with Crippen molar-refractivity contribution in [2.45, 2.75) is 38.1 Å². The minimum Gasteiger partial charge on any atom is -0.376 e. The summed E-state index contributed by atoms with van der Waals surface area (Å²) < 4.78 is 25.9. The maximum absolute atomic E-state index is 11.9. The van der Waals surface area contributed by atoms with Gasteiger partial charge in [-0.25, -0.2) is 13.1 Å². The molecule has 1 aromatic rings. The number of benzene rings is 1. The van der Waals surface area contributed by atoms with Crippen molar-refractivity contribution >= 4 is 21.4 Å². The molecule has 1 fully saturated rings. The third-order valence-corrected chi connectivity index (χ3v) is 6.04. The summed E-state index contributed by atoms with van der Waals surface area (Å²) in [5.74, 6) is 1.29. The van der Waals surface area contributed by atoms with Gasteiger partial charge in [0.05, 0.1) is 9.82 Å². The van der Waals surface area contributed by atoms with E-state index in [0.29, 0.717) is 17.5 Å². The number of hydrogen-bond donors (Lipinski definition) is 2. The first-order valence-corrected chi connectivity index (χ1v) is 10.3. The van der Waals surface area contributed by atoms with E-state index in [9.17, 15) is 18.5 Å². The lowest BCUT2D eigenvalue weighted by molar-refractivity contribution is -0.384. The first-order valence-electron chi connectivity index (χ1n) is 8.83. The van der Waals surface area contributed by atoms with Crippen LogP contribution in [0.25, 0.3) is 0 Å². The van der Waals surface area contributed by atoms with Gasteiger partial charge in [0, 0.05) is 31.7 Å². The molecule has 2 N–H and O–H groups in total. The Hall–Kier alpha value is -1.71. The van der Waals surface area contributed by atoms with Crippen LogP contribution in [-0.2, 0) is 10.0 Å². The molecule has 8 nitrogen and oxygen atoms in total. The highest BCUT2D eigenvalue weighted by atomic mass is 32.2. The van der Waals surface area contributed by atoms with Gasteiger partial charge in [-0.3, -0.25) is 10.1 Å². The maximum Gasteiger partial charge on any atom is 0.293 e. The Morgan fingerprint density at radius 1 is 1.31 bits per heavy atom. The van der Waals surface area contributed by atoms with Crippen molar-refractivity contribution in [1.29, 1.82) is 0 Å². The number of anilines is 1. The molecule has 9 heteroatoms. The zero-order valence-electron chi connectivity index (χ0n) is 15.7. The van der Waals surface area contributed by atoms with Crippen molar-refractivity contribution < 1.29 is 13.3 Å². The van der Waals surface area contributed by atoms with Crippen LogP contribution in [0, 0.1) is 22.0 Å². The predicted octanol–water partition coefficient (Wildman–Crippen LogP) is 2.28. The molecule has 0 aliphatic carbocycles. The first-order chi connectivity index (χ1) is 12.1. The van der Waals surface area contributed by atoms with Crippen LogP contribution >= 0.6 is 0 Å². The number of nitrogens with zero attached hydrogens (tertiary/aromatic N) is 2. The van der Waals surface area contributed by atoms with Crippen LogP contribution in [0.1, 0.15) is 27.2 Å². The molecule has 26 heavy (non-hydrogen) atoms. The van der Waals surface area contributed by atoms with Crippen LogP contribution in [0.15, 0.2) is 23.1 Å². The largest absolute Gasteiger partial charge is 0.376 e. The number of rotatable bonds is 7. The fraction of sp³-hybridized carbons (Fsp3) is 0.647. The summed E-state index contributed by atoms with van der Waals surface area (Å²) in [6.07, 6.45) is 1.23. The Kier molecular flexibility index (Phi) is 6.59. The second kappa shape index (κ2) is 8.32. The number of piperidine rings is 1. The van der Waals surface area contributed by atoms with Crippen molar-refractivity contribution in [2.75, 3.05) is 32.0 Å². The molecule has 1 heterocycles. The molecule has 0 aromatic heterocycles. The Balaban J connectivity index is 2.14. The average molecular weight is 385 g/mol. The summed E-state index contributed by atoms with van der Waals surface area (Å²) in [5, 5.41) is 14.6. The maximum atomic E-state index is 11.9. The van der Waals surface area contributed by atoms with Gasteiger partial charge in [-0.1, -0.05) is 13.8 Å². The third-order valence-electron chi connectivity index (χ3n) is 4.62. The molecule has 3 atom stereocenters. The number of likely N-dealkylation sites (tertiary alicyclic amines) is 1. The van der Waals surface area contributed by atoms with Crippen molar-refractivity contribution in [2.24, 2.45) is 11.8 Å². The molecular weight excluding hydrogens is 356 g/mol. The standard InChI is InChI=1S/C17H28N4O4S/c1-12-7-13(2)10-20(9-12)11-14(3)19-16-6-5-15(26(24,25)18-4)8-17(16)21(22)23/h5-6,8,12-14,18-19H,7,9-11H2,1-4H3/t12-,13-,14+/m0/s1. The lowest BCUT2D eigenvalue weighted by Crippen LogP contribution is -2.43. The highest BCUT2D eigenvalue weighted by molar-refractivity contribution is 7.89. The van der Waals surface area contributed by atoms with E-state index in [1.165, 1.54) is 25.6 Å². The van der Waals surface area contributed by atoms with E-state index >= 15 is 0 Å². The lowest BCUT2D eigenvalue weighted by atomic mass is 9.92. The monoisotopic (exact) mass is 384 g/mol. The van der Waals surface area contributed by atoms with Crippen LogP contribution in [0.3, 0.4) is 0 Å². The second-order valence-electron chi connectivity index (χ2n) is 7.35. The van der Waals surface area contributed by atoms with Gasteiger partial charge < -0.3 is 10.2 Å². The lowest BCUT2D eigenvalue weighted by Gasteiger charge is -2.36. The summed E-state index contributed by atoms with van der Waals surface area (Å²) in [6.45, 7) is 9.29. The molecule has 0 radical (unpaired) electrons. The van der Waals surface area contributed by atoms with Gasteiger partial charge in [0.2, 0.25) is 10.0 Å². The van der Waals surface area contributed by atoms with Gasteiger partial charge in [-0.05, 0) is 44.4 Å². The van der Waals surface area contributed by atoms with Crippen LogP contribution in [0.5, 0.6) is 0 Å². The third kappa shape index (κ3) is 5.15. The minimum atomic E-state index is -3.72. The van der Waals surface area contributed by atoms with Gasteiger partial charge in [-0.2, -0.15) is 0 Å². The van der Waals surface area contributed by atoms with E-state index in [-0.39, 0.29) is 16.6 Å². The molecule has 1 aliphatic rings. The molecule has 0 amide bonds. The Morgan fingerprint density at radius 2 is 1.92 bits per heavy atom. The molecule has 0 bridgehead atoms. The molecule has 1 aromatic carbocycles. The highest BCUT2D eigenvalue weighted by Crippen LogP contribution is 2.28. The fourth-order valence-corrected chi connectivity index (χ4v) is 4.46. The van der Waals surface area contributed by atoms with Crippen molar-refractivity contribution in [3.05, 3.63) is 28.3 Å². The Labute approximate surface area is 155 Å². The van der Waals surface area contributed by atoms with Crippen LogP contribution < -0.4 is 10.0 Å². The second-order valence-corrected chi connectivity index (χ2v) is 9.24. The Bertz CT molecular complexity index is 743. The highest BCUT2D eigenvalue weighted by Gasteiger charge is 2.25. The molecule has 0 spiro atoms. The quantitative estimate of drug-likeness (QED) is 0.552. The van der Waals surface area contributed by atoms with Gasteiger partial charge in [0.15, 0.2) is 0 Å². The normalized spacial score (nSPS) is 22.8. The summed E-state index contributed by atoms with van der Waals surface area (Å²) in [5.41, 5.74) is 0.0872. The van der Waals surface area contributed by atoms with Crippen molar-refractivity contribution in [1.82, 2.24) is 9.62 Å². The van der Waals surface area contributed by atoms with E-state index in [2.05, 4.69) is 28.8 Å². The van der Waals surface area contributed by atoms with E-state index in [0.717, 1.165) is 25.7 Å². The number of nitro groups is 1. The molecule has 0 saturated carbocycles. The zero-order chi connectivity index (χ0) is 19.5. The van der Waals surface area contributed by atoms with Crippen LogP contribution in [0.4, 0.5) is 11.4 Å². The van der Waals surface area contributed by atoms with Gasteiger partial charge in [0.25, 0.3) is 5.69 Å². The smallest absolute Gasteiger partial charge is 0.293 e. The summed E-state index contributed by atoms with van der Waals surface area (Å²) in [6, 6.07) is 3.92. The number of nitro benzene ring substituents is 1. The summed E-state index contributed by atoms with van der Waals surface area (Å²) in [4.78, 5) is 13.1. The molecular formula is C17H28N4O4S. The SMILES string of the molecule is CNS(=O)(=O)c1ccc(N[C@H](C)CN2C[C@@H](C)C[C@H](C)C2)c([N+](=O)[O-])c1. The summed E-state index contributed by atoms with van der Waals surface area (Å²) in [7, 11) is -2.45. The van der Waals surface area contributed by atoms with Gasteiger partial charge in [-0.15, -0.1) is 0 Å². The zero-order valence-corrected chi connectivity index (χ0v) is 16.5. The van der Waals surface area contributed by atoms with E-state index < -0.39 is 14.9 Å². The number of sulfonamides is 1. The molecule has 146 valence electrons. The average Bonchev–Trinajstić information content (AvgIpc) is 2.53. The van der Waals surface area contributed by atoms with E-state index in [1.54, 1.807) is 0 Å². The van der Waals surface area contributed by atoms with Gasteiger partial charge >= 0.3 is 0 Å². The van der Waals surface area contributed by atoms with Crippen LogP contribution in [0.2, 0.25) is 0 Å². The number of hydrogen-bond acceptors (Lipinski definition) is 6. The van der Waals surface area contributed by atoms with Crippen molar-refractivity contribution in [3.63, 3.8) is 0 Å². The molecule has 2 rings (SSSR count). The van der Waals surface area contributed by atoms with E-state index in [1.807, 2.05) is 6.92 Å². The van der Waals surface area contributed by atoms with Crippen molar-refractivity contribution in [3.8, 4) is 0 Å². The summed E-state index contributed by atoms with van der Waals surface area (Å²) >= 11 is 0.